The van der Waals surface area contributed by atoms with Crippen LogP contribution in [0.25, 0.3) is 0 Å². The maximum absolute atomic E-state index is 11.7. The Bertz CT molecular complexity index is 618. The molecule has 102 valence electrons. The number of rotatable bonds is 6. The lowest BCUT2D eigenvalue weighted by atomic mass is 10.4. The van der Waals surface area contributed by atoms with Gasteiger partial charge >= 0.3 is 0 Å². The second-order valence-electron chi connectivity index (χ2n) is 3.61. The summed E-state index contributed by atoms with van der Waals surface area (Å²) >= 11 is 1.10. The molecule has 6 nitrogen and oxygen atoms in total. The Hall–Kier alpha value is -1.64. The molecule has 2 N–H and O–H groups in total. The number of carbonyl (C=O) groups is 1. The molecular formula is C11H12N2O4S2. The van der Waals surface area contributed by atoms with Crippen molar-refractivity contribution in [2.24, 2.45) is 0 Å². The van der Waals surface area contributed by atoms with Crippen LogP contribution in [0, 0.1) is 0 Å². The van der Waals surface area contributed by atoms with E-state index in [1.807, 2.05) is 0 Å². The zero-order chi connectivity index (χ0) is 13.7. The number of sulfonamides is 1. The van der Waals surface area contributed by atoms with Crippen molar-refractivity contribution < 1.29 is 17.6 Å². The molecular weight excluding hydrogens is 288 g/mol. The van der Waals surface area contributed by atoms with E-state index in [0.717, 1.165) is 11.3 Å². The van der Waals surface area contributed by atoms with Crippen molar-refractivity contribution in [1.82, 2.24) is 10.0 Å². The van der Waals surface area contributed by atoms with Gasteiger partial charge in [0.05, 0.1) is 19.4 Å². The number of thiophene rings is 1. The van der Waals surface area contributed by atoms with Crippen LogP contribution in [0.2, 0.25) is 0 Å². The summed E-state index contributed by atoms with van der Waals surface area (Å²) in [6.45, 7) is -0.0759. The highest BCUT2D eigenvalue weighted by atomic mass is 32.2. The molecule has 0 aliphatic rings. The summed E-state index contributed by atoms with van der Waals surface area (Å²) < 4.78 is 30.9. The van der Waals surface area contributed by atoms with E-state index in [1.54, 1.807) is 23.6 Å². The molecule has 1 amide bonds. The molecule has 2 rings (SSSR count). The van der Waals surface area contributed by atoms with E-state index in [9.17, 15) is 13.2 Å². The van der Waals surface area contributed by atoms with Crippen LogP contribution in [-0.2, 0) is 21.4 Å². The van der Waals surface area contributed by atoms with Crippen molar-refractivity contribution in [3.63, 3.8) is 0 Å². The molecule has 19 heavy (non-hydrogen) atoms. The Balaban J connectivity index is 1.80. The fraction of sp³-hybridized carbons (Fsp3) is 0.182. The van der Waals surface area contributed by atoms with Crippen LogP contribution in [0.15, 0.2) is 44.5 Å². The van der Waals surface area contributed by atoms with Crippen LogP contribution in [-0.4, -0.2) is 20.9 Å². The molecule has 0 aliphatic carbocycles. The lowest BCUT2D eigenvalue weighted by Gasteiger charge is -2.05. The van der Waals surface area contributed by atoms with Crippen LogP contribution >= 0.6 is 11.3 Å². The van der Waals surface area contributed by atoms with Crippen molar-refractivity contribution >= 4 is 27.3 Å². The van der Waals surface area contributed by atoms with Crippen LogP contribution < -0.4 is 10.0 Å². The van der Waals surface area contributed by atoms with Gasteiger partial charge in [-0.2, -0.15) is 0 Å². The predicted molar refractivity (Wildman–Crippen MR) is 70.1 cm³/mol. The number of carbonyl (C=O) groups excluding carboxylic acids is 1. The van der Waals surface area contributed by atoms with Gasteiger partial charge in [0, 0.05) is 0 Å². The molecule has 0 aliphatic heterocycles. The molecule has 2 aromatic heterocycles. The fourth-order valence-corrected chi connectivity index (χ4v) is 3.33. The van der Waals surface area contributed by atoms with Gasteiger partial charge in [-0.1, -0.05) is 6.07 Å². The number of nitrogens with one attached hydrogen (secondary N) is 2. The van der Waals surface area contributed by atoms with Gasteiger partial charge in [-0.15, -0.1) is 11.3 Å². The van der Waals surface area contributed by atoms with Gasteiger partial charge in [0.25, 0.3) is 10.0 Å². The Labute approximate surface area is 114 Å². The molecule has 0 aromatic carbocycles. The van der Waals surface area contributed by atoms with Gasteiger partial charge in [-0.05, 0) is 23.6 Å². The molecule has 0 saturated heterocycles. The Morgan fingerprint density at radius 1 is 1.32 bits per heavy atom. The van der Waals surface area contributed by atoms with Crippen LogP contribution in [0.1, 0.15) is 5.76 Å². The minimum Gasteiger partial charge on any atom is -0.467 e. The first-order valence-corrected chi connectivity index (χ1v) is 7.76. The van der Waals surface area contributed by atoms with Gasteiger partial charge in [0.1, 0.15) is 9.97 Å². The van der Waals surface area contributed by atoms with E-state index in [0.29, 0.717) is 5.76 Å². The normalized spacial score (nSPS) is 11.4. The summed E-state index contributed by atoms with van der Waals surface area (Å²) in [5.41, 5.74) is 0. The van der Waals surface area contributed by atoms with E-state index in [1.165, 1.54) is 12.3 Å². The maximum atomic E-state index is 11.7. The lowest BCUT2D eigenvalue weighted by molar-refractivity contribution is -0.120. The predicted octanol–water partition coefficient (Wildman–Crippen LogP) is 0.936. The monoisotopic (exact) mass is 300 g/mol. The van der Waals surface area contributed by atoms with Crippen LogP contribution in [0.5, 0.6) is 0 Å². The molecule has 0 atom stereocenters. The molecule has 0 fully saturated rings. The SMILES string of the molecule is O=C(CNS(=O)(=O)c1cccs1)NCc1ccco1. The Morgan fingerprint density at radius 2 is 2.16 bits per heavy atom. The van der Waals surface area contributed by atoms with Crippen LogP contribution in [0.3, 0.4) is 0 Å². The van der Waals surface area contributed by atoms with Crippen molar-refractivity contribution in [1.29, 1.82) is 0 Å². The molecule has 2 heterocycles. The first-order valence-electron chi connectivity index (χ1n) is 5.40. The average Bonchev–Trinajstić information content (AvgIpc) is 3.06. The highest BCUT2D eigenvalue weighted by Crippen LogP contribution is 2.14. The molecule has 8 heteroatoms. The second kappa shape index (κ2) is 6.00. The van der Waals surface area contributed by atoms with Crippen molar-refractivity contribution in [3.8, 4) is 0 Å². The molecule has 0 saturated carbocycles. The third kappa shape index (κ3) is 3.91. The number of hydrogen-bond acceptors (Lipinski definition) is 5. The van der Waals surface area contributed by atoms with Crippen LogP contribution in [0.4, 0.5) is 0 Å². The summed E-state index contributed by atoms with van der Waals surface area (Å²) in [7, 11) is -3.60. The van der Waals surface area contributed by atoms with Gasteiger partial charge in [-0.25, -0.2) is 13.1 Å². The quantitative estimate of drug-likeness (QED) is 0.831. The third-order valence-corrected chi connectivity index (χ3v) is 5.02. The fourth-order valence-electron chi connectivity index (χ4n) is 1.31. The lowest BCUT2D eigenvalue weighted by Crippen LogP contribution is -2.36. The minimum absolute atomic E-state index is 0.186. The molecule has 0 radical (unpaired) electrons. The number of hydrogen-bond donors (Lipinski definition) is 2. The summed E-state index contributed by atoms with van der Waals surface area (Å²) in [5.74, 6) is 0.186. The standard InChI is InChI=1S/C11H12N2O4S2/c14-10(12-7-9-3-1-5-17-9)8-13-19(15,16)11-4-2-6-18-11/h1-6,13H,7-8H2,(H,12,14). The van der Waals surface area contributed by atoms with Gasteiger partial charge in [0.2, 0.25) is 5.91 Å². The first kappa shape index (κ1) is 13.8. The molecule has 2 aromatic rings. The molecule has 0 spiro atoms. The van der Waals surface area contributed by atoms with Gasteiger partial charge in [-0.3, -0.25) is 4.79 Å². The second-order valence-corrected chi connectivity index (χ2v) is 6.55. The van der Waals surface area contributed by atoms with E-state index in [4.69, 9.17) is 4.42 Å². The molecule has 0 bridgehead atoms. The minimum atomic E-state index is -3.60. The number of furan rings is 1. The first-order chi connectivity index (χ1) is 9.08. The van der Waals surface area contributed by atoms with Crippen molar-refractivity contribution in [3.05, 3.63) is 41.7 Å². The zero-order valence-electron chi connectivity index (χ0n) is 9.83. The van der Waals surface area contributed by atoms with E-state index in [-0.39, 0.29) is 17.3 Å². The summed E-state index contributed by atoms with van der Waals surface area (Å²) in [6.07, 6.45) is 1.50. The third-order valence-electron chi connectivity index (χ3n) is 2.22. The number of amides is 1. The van der Waals surface area contributed by atoms with Gasteiger partial charge < -0.3 is 9.73 Å². The zero-order valence-corrected chi connectivity index (χ0v) is 11.5. The topological polar surface area (TPSA) is 88.4 Å². The summed E-state index contributed by atoms with van der Waals surface area (Å²) in [5, 5.41) is 4.20. The Kier molecular flexibility index (Phi) is 4.35. The van der Waals surface area contributed by atoms with Crippen molar-refractivity contribution in [2.75, 3.05) is 6.54 Å². The molecule has 0 unspecified atom stereocenters. The maximum Gasteiger partial charge on any atom is 0.250 e. The van der Waals surface area contributed by atoms with E-state index < -0.39 is 15.9 Å². The summed E-state index contributed by atoms with van der Waals surface area (Å²) in [4.78, 5) is 11.5. The Morgan fingerprint density at radius 3 is 2.79 bits per heavy atom. The van der Waals surface area contributed by atoms with E-state index in [2.05, 4.69) is 10.0 Å². The largest absolute Gasteiger partial charge is 0.467 e. The highest BCUT2D eigenvalue weighted by molar-refractivity contribution is 7.91. The van der Waals surface area contributed by atoms with Gasteiger partial charge in [0.15, 0.2) is 0 Å². The van der Waals surface area contributed by atoms with E-state index >= 15 is 0 Å². The summed E-state index contributed by atoms with van der Waals surface area (Å²) in [6, 6.07) is 6.54. The van der Waals surface area contributed by atoms with Crippen molar-refractivity contribution in [2.45, 2.75) is 10.8 Å². The smallest absolute Gasteiger partial charge is 0.250 e. The highest BCUT2D eigenvalue weighted by Gasteiger charge is 2.16. The average molecular weight is 300 g/mol.